The normalized spacial score (nSPS) is 11.4. The van der Waals surface area contributed by atoms with E-state index in [1.165, 1.54) is 6.07 Å². The molecule has 3 aromatic rings. The van der Waals surface area contributed by atoms with Crippen molar-refractivity contribution in [1.82, 2.24) is 0 Å². The van der Waals surface area contributed by atoms with Crippen LogP contribution in [0.5, 0.6) is 0 Å². The largest absolute Gasteiger partial charge is 0.324 e. The molecule has 122 valence electrons. The second-order valence-corrected chi connectivity index (χ2v) is 8.45. The average molecular weight is 451 g/mol. The number of benzene rings is 3. The fourth-order valence-electron chi connectivity index (χ4n) is 2.37. The smallest absolute Gasteiger partial charge is 0.239 e. The summed E-state index contributed by atoms with van der Waals surface area (Å²) in [5, 5.41) is 4.44. The van der Waals surface area contributed by atoms with Crippen molar-refractivity contribution in [3.8, 4) is 0 Å². The summed E-state index contributed by atoms with van der Waals surface area (Å²) in [7, 11) is -3.70. The monoisotopic (exact) mass is 451 g/mol. The molecule has 6 heteroatoms. The number of hydrogen-bond donors (Lipinski definition) is 1. The zero-order chi connectivity index (χ0) is 17.2. The molecule has 0 heterocycles. The van der Waals surface area contributed by atoms with Crippen LogP contribution in [0.1, 0.15) is 0 Å². The van der Waals surface area contributed by atoms with Gasteiger partial charge in [0.1, 0.15) is 5.75 Å². The zero-order valence-electron chi connectivity index (χ0n) is 12.6. The van der Waals surface area contributed by atoms with Crippen LogP contribution in [0, 0.1) is 3.57 Å². The predicted molar refractivity (Wildman–Crippen MR) is 104 cm³/mol. The van der Waals surface area contributed by atoms with Gasteiger partial charge in [-0.2, -0.15) is 0 Å². The van der Waals surface area contributed by atoms with E-state index in [1.54, 1.807) is 24.3 Å². The van der Waals surface area contributed by atoms with Gasteiger partial charge in [-0.3, -0.25) is 4.79 Å². The number of carbonyl (C=O) groups excluding carboxylic acids is 1. The summed E-state index contributed by atoms with van der Waals surface area (Å²) >= 11 is 2.09. The van der Waals surface area contributed by atoms with Crippen molar-refractivity contribution in [1.29, 1.82) is 0 Å². The Hall–Kier alpha value is -1.93. The Bertz CT molecular complexity index is 1020. The lowest BCUT2D eigenvalue weighted by molar-refractivity contribution is -0.113. The van der Waals surface area contributed by atoms with Crippen molar-refractivity contribution < 1.29 is 13.2 Å². The summed E-state index contributed by atoms with van der Waals surface area (Å²) < 4.78 is 25.9. The standard InChI is InChI=1S/C18H14INO3S/c19-16-7-3-4-8-17(16)20-18(21)12-24(22,23)15-10-9-13-5-1-2-6-14(13)11-15/h1-11H,12H2,(H,20,21). The number of sulfone groups is 1. The van der Waals surface area contributed by atoms with Gasteiger partial charge in [-0.1, -0.05) is 42.5 Å². The minimum Gasteiger partial charge on any atom is -0.324 e. The van der Waals surface area contributed by atoms with Crippen LogP contribution in [-0.4, -0.2) is 20.1 Å². The first-order valence-electron chi connectivity index (χ1n) is 7.22. The Morgan fingerprint density at radius 1 is 0.917 bits per heavy atom. The van der Waals surface area contributed by atoms with E-state index in [9.17, 15) is 13.2 Å². The number of rotatable bonds is 4. The molecule has 3 aromatic carbocycles. The molecule has 0 radical (unpaired) electrons. The summed E-state index contributed by atoms with van der Waals surface area (Å²) in [6, 6.07) is 19.6. The number of nitrogens with one attached hydrogen (secondary N) is 1. The topological polar surface area (TPSA) is 63.2 Å². The zero-order valence-corrected chi connectivity index (χ0v) is 15.5. The molecule has 1 amide bonds. The molecular weight excluding hydrogens is 437 g/mol. The molecule has 0 aromatic heterocycles. The summed E-state index contributed by atoms with van der Waals surface area (Å²) in [5.41, 5.74) is 0.608. The highest BCUT2D eigenvalue weighted by atomic mass is 127. The SMILES string of the molecule is O=C(CS(=O)(=O)c1ccc2ccccc2c1)Nc1ccccc1I. The first-order chi connectivity index (χ1) is 11.5. The number of fused-ring (bicyclic) bond motifs is 1. The first-order valence-corrected chi connectivity index (χ1v) is 9.95. The van der Waals surface area contributed by atoms with Gasteiger partial charge in [0.25, 0.3) is 0 Å². The van der Waals surface area contributed by atoms with Crippen molar-refractivity contribution in [2.75, 3.05) is 11.1 Å². The number of para-hydroxylation sites is 1. The minimum absolute atomic E-state index is 0.152. The van der Waals surface area contributed by atoms with Crippen LogP contribution in [0.4, 0.5) is 5.69 Å². The Morgan fingerprint density at radius 3 is 2.33 bits per heavy atom. The van der Waals surface area contributed by atoms with Gasteiger partial charge in [0.05, 0.1) is 10.6 Å². The molecule has 0 saturated heterocycles. The van der Waals surface area contributed by atoms with Crippen LogP contribution in [-0.2, 0) is 14.6 Å². The van der Waals surface area contributed by atoms with E-state index in [0.717, 1.165) is 14.3 Å². The van der Waals surface area contributed by atoms with Crippen LogP contribution < -0.4 is 5.32 Å². The van der Waals surface area contributed by atoms with Crippen molar-refractivity contribution in [2.45, 2.75) is 4.90 Å². The third-order valence-electron chi connectivity index (χ3n) is 3.55. The van der Waals surface area contributed by atoms with Gasteiger partial charge in [-0.15, -0.1) is 0 Å². The lowest BCUT2D eigenvalue weighted by atomic mass is 10.1. The number of amides is 1. The molecule has 0 aliphatic carbocycles. The maximum absolute atomic E-state index is 12.5. The molecule has 0 saturated carbocycles. The van der Waals surface area contributed by atoms with Crippen LogP contribution in [0.15, 0.2) is 71.6 Å². The van der Waals surface area contributed by atoms with Crippen LogP contribution in [0.2, 0.25) is 0 Å². The van der Waals surface area contributed by atoms with E-state index in [1.807, 2.05) is 36.4 Å². The average Bonchev–Trinajstić information content (AvgIpc) is 2.56. The summed E-state index contributed by atoms with van der Waals surface area (Å²) in [6.07, 6.45) is 0. The Labute approximate surface area is 153 Å². The number of halogens is 1. The van der Waals surface area contributed by atoms with E-state index in [-0.39, 0.29) is 4.90 Å². The molecule has 1 N–H and O–H groups in total. The van der Waals surface area contributed by atoms with Crippen molar-refractivity contribution in [3.05, 3.63) is 70.3 Å². The lowest BCUT2D eigenvalue weighted by Gasteiger charge is -2.08. The Morgan fingerprint density at radius 2 is 1.58 bits per heavy atom. The van der Waals surface area contributed by atoms with Gasteiger partial charge in [-0.25, -0.2) is 8.42 Å². The van der Waals surface area contributed by atoms with E-state index < -0.39 is 21.5 Å². The molecule has 0 spiro atoms. The fraction of sp³-hybridized carbons (Fsp3) is 0.0556. The maximum atomic E-state index is 12.5. The number of hydrogen-bond acceptors (Lipinski definition) is 3. The van der Waals surface area contributed by atoms with E-state index >= 15 is 0 Å². The van der Waals surface area contributed by atoms with Crippen LogP contribution in [0.25, 0.3) is 10.8 Å². The van der Waals surface area contributed by atoms with Gasteiger partial charge in [-0.05, 0) is 57.6 Å². The van der Waals surface area contributed by atoms with Gasteiger partial charge >= 0.3 is 0 Å². The molecule has 0 aliphatic rings. The van der Waals surface area contributed by atoms with E-state index in [4.69, 9.17) is 0 Å². The predicted octanol–water partition coefficient (Wildman–Crippen LogP) is 3.86. The Balaban J connectivity index is 1.82. The molecular formula is C18H14INO3S. The van der Waals surface area contributed by atoms with Crippen molar-refractivity contribution >= 4 is 54.8 Å². The minimum atomic E-state index is -3.70. The van der Waals surface area contributed by atoms with Crippen LogP contribution in [0.3, 0.4) is 0 Å². The van der Waals surface area contributed by atoms with Crippen molar-refractivity contribution in [2.24, 2.45) is 0 Å². The molecule has 3 rings (SSSR count). The molecule has 24 heavy (non-hydrogen) atoms. The van der Waals surface area contributed by atoms with E-state index in [2.05, 4.69) is 27.9 Å². The second kappa shape index (κ2) is 6.90. The van der Waals surface area contributed by atoms with Crippen LogP contribution >= 0.6 is 22.6 Å². The number of anilines is 1. The third-order valence-corrected chi connectivity index (χ3v) is 6.10. The molecule has 4 nitrogen and oxygen atoms in total. The van der Waals surface area contributed by atoms with Gasteiger partial charge in [0, 0.05) is 3.57 Å². The van der Waals surface area contributed by atoms with Gasteiger partial charge < -0.3 is 5.32 Å². The fourth-order valence-corrected chi connectivity index (χ4v) is 4.05. The summed E-state index contributed by atoms with van der Waals surface area (Å²) in [5.74, 6) is -1.14. The molecule has 0 unspecified atom stereocenters. The summed E-state index contributed by atoms with van der Waals surface area (Å²) in [6.45, 7) is 0. The van der Waals surface area contributed by atoms with Gasteiger partial charge in [0.15, 0.2) is 9.84 Å². The van der Waals surface area contributed by atoms with Gasteiger partial charge in [0.2, 0.25) is 5.91 Å². The quantitative estimate of drug-likeness (QED) is 0.613. The first kappa shape index (κ1) is 16.9. The molecule has 0 bridgehead atoms. The molecule has 0 fully saturated rings. The highest BCUT2D eigenvalue weighted by Crippen LogP contribution is 2.21. The maximum Gasteiger partial charge on any atom is 0.239 e. The van der Waals surface area contributed by atoms with Crippen molar-refractivity contribution in [3.63, 3.8) is 0 Å². The number of carbonyl (C=O) groups is 1. The third kappa shape index (κ3) is 3.76. The Kier molecular flexibility index (Phi) is 4.86. The summed E-state index contributed by atoms with van der Waals surface area (Å²) in [4.78, 5) is 12.3. The second-order valence-electron chi connectivity index (χ2n) is 5.30. The highest BCUT2D eigenvalue weighted by molar-refractivity contribution is 14.1. The highest BCUT2D eigenvalue weighted by Gasteiger charge is 2.20. The van der Waals surface area contributed by atoms with E-state index in [0.29, 0.717) is 5.69 Å². The molecule has 0 atom stereocenters. The lowest BCUT2D eigenvalue weighted by Crippen LogP contribution is -2.23. The molecule has 0 aliphatic heterocycles.